The SMILES string of the molecule is CC(C)(CO)CC1NC(C(=O)O)CC1C#N. The van der Waals surface area contributed by atoms with Crippen molar-refractivity contribution in [2.24, 2.45) is 11.3 Å². The van der Waals surface area contributed by atoms with Gasteiger partial charge < -0.3 is 15.5 Å². The lowest BCUT2D eigenvalue weighted by atomic mass is 9.83. The van der Waals surface area contributed by atoms with E-state index in [1.165, 1.54) is 0 Å². The summed E-state index contributed by atoms with van der Waals surface area (Å²) in [6.07, 6.45) is 0.948. The third kappa shape index (κ3) is 2.94. The molecule has 1 heterocycles. The van der Waals surface area contributed by atoms with Gasteiger partial charge in [-0.2, -0.15) is 5.26 Å². The summed E-state index contributed by atoms with van der Waals surface area (Å²) >= 11 is 0. The molecule has 90 valence electrons. The van der Waals surface area contributed by atoms with E-state index in [-0.39, 0.29) is 24.0 Å². The Morgan fingerprint density at radius 2 is 2.25 bits per heavy atom. The van der Waals surface area contributed by atoms with E-state index in [0.717, 1.165) is 0 Å². The van der Waals surface area contributed by atoms with Crippen LogP contribution in [0.4, 0.5) is 0 Å². The second kappa shape index (κ2) is 4.81. The molecule has 0 aromatic rings. The highest BCUT2D eigenvalue weighted by Gasteiger charge is 2.39. The largest absolute Gasteiger partial charge is 0.480 e. The molecule has 5 heteroatoms. The van der Waals surface area contributed by atoms with Gasteiger partial charge in [0.25, 0.3) is 0 Å². The van der Waals surface area contributed by atoms with E-state index >= 15 is 0 Å². The average Bonchev–Trinajstić information content (AvgIpc) is 2.60. The second-order valence-electron chi connectivity index (χ2n) is 5.16. The maximum atomic E-state index is 10.8. The lowest BCUT2D eigenvalue weighted by Crippen LogP contribution is -2.39. The predicted octanol–water partition coefficient (Wildman–Crippen LogP) is 0.350. The number of aliphatic hydroxyl groups is 1. The van der Waals surface area contributed by atoms with Crippen LogP contribution in [-0.2, 0) is 4.79 Å². The molecule has 1 aliphatic rings. The van der Waals surface area contributed by atoms with Crippen LogP contribution in [0.3, 0.4) is 0 Å². The minimum Gasteiger partial charge on any atom is -0.480 e. The lowest BCUT2D eigenvalue weighted by molar-refractivity contribution is -0.139. The molecule has 3 N–H and O–H groups in total. The fourth-order valence-corrected chi connectivity index (χ4v) is 2.04. The van der Waals surface area contributed by atoms with Crippen molar-refractivity contribution in [1.29, 1.82) is 5.26 Å². The second-order valence-corrected chi connectivity index (χ2v) is 5.16. The number of nitriles is 1. The molecule has 5 nitrogen and oxygen atoms in total. The van der Waals surface area contributed by atoms with Crippen molar-refractivity contribution in [2.75, 3.05) is 6.61 Å². The Hall–Kier alpha value is -1.12. The van der Waals surface area contributed by atoms with Gasteiger partial charge in [-0.15, -0.1) is 0 Å². The summed E-state index contributed by atoms with van der Waals surface area (Å²) in [4.78, 5) is 10.8. The first-order chi connectivity index (χ1) is 7.39. The number of carboxylic acid groups (broad SMARTS) is 1. The summed E-state index contributed by atoms with van der Waals surface area (Å²) in [5, 5.41) is 29.9. The van der Waals surface area contributed by atoms with Gasteiger partial charge in [0.15, 0.2) is 0 Å². The Morgan fingerprint density at radius 1 is 1.62 bits per heavy atom. The quantitative estimate of drug-likeness (QED) is 0.643. The third-order valence-electron chi connectivity index (χ3n) is 3.06. The van der Waals surface area contributed by atoms with Crippen LogP contribution in [-0.4, -0.2) is 34.9 Å². The molecule has 0 amide bonds. The van der Waals surface area contributed by atoms with Crippen LogP contribution in [0.25, 0.3) is 0 Å². The normalized spacial score (nSPS) is 30.0. The summed E-state index contributed by atoms with van der Waals surface area (Å²) in [6.45, 7) is 3.83. The number of carboxylic acids is 1. The van der Waals surface area contributed by atoms with Crippen LogP contribution in [0, 0.1) is 22.7 Å². The van der Waals surface area contributed by atoms with Crippen molar-refractivity contribution in [1.82, 2.24) is 5.32 Å². The molecular formula is C11H18N2O3. The van der Waals surface area contributed by atoms with Crippen LogP contribution >= 0.6 is 0 Å². The van der Waals surface area contributed by atoms with Crippen LogP contribution in [0.2, 0.25) is 0 Å². The number of rotatable bonds is 4. The van der Waals surface area contributed by atoms with Gasteiger partial charge in [0.05, 0.1) is 12.0 Å². The van der Waals surface area contributed by atoms with Crippen molar-refractivity contribution >= 4 is 5.97 Å². The molecule has 3 unspecified atom stereocenters. The summed E-state index contributed by atoms with van der Waals surface area (Å²) in [7, 11) is 0. The van der Waals surface area contributed by atoms with Crippen molar-refractivity contribution in [3.05, 3.63) is 0 Å². The molecule has 1 saturated heterocycles. The van der Waals surface area contributed by atoms with Gasteiger partial charge in [0.1, 0.15) is 6.04 Å². The molecule has 0 radical (unpaired) electrons. The molecule has 0 aromatic carbocycles. The van der Waals surface area contributed by atoms with Crippen molar-refractivity contribution < 1.29 is 15.0 Å². The Labute approximate surface area is 95.1 Å². The minimum atomic E-state index is -0.912. The Bertz CT molecular complexity index is 309. The topological polar surface area (TPSA) is 93.3 Å². The van der Waals surface area contributed by atoms with Crippen molar-refractivity contribution in [3.63, 3.8) is 0 Å². The summed E-state index contributed by atoms with van der Waals surface area (Å²) in [6, 6.07) is 1.36. The molecule has 16 heavy (non-hydrogen) atoms. The number of nitrogens with zero attached hydrogens (tertiary/aromatic N) is 1. The smallest absolute Gasteiger partial charge is 0.320 e. The molecule has 3 atom stereocenters. The first kappa shape index (κ1) is 12.9. The van der Waals surface area contributed by atoms with Gasteiger partial charge in [-0.1, -0.05) is 13.8 Å². The van der Waals surface area contributed by atoms with Gasteiger partial charge in [-0.3, -0.25) is 4.79 Å². The van der Waals surface area contributed by atoms with Gasteiger partial charge in [0.2, 0.25) is 0 Å². The molecule has 1 aliphatic heterocycles. The Balaban J connectivity index is 2.67. The lowest BCUT2D eigenvalue weighted by Gasteiger charge is -2.27. The van der Waals surface area contributed by atoms with Gasteiger partial charge >= 0.3 is 5.97 Å². The van der Waals surface area contributed by atoms with Gasteiger partial charge in [-0.05, 0) is 18.3 Å². The number of aliphatic hydroxyl groups excluding tert-OH is 1. The fraction of sp³-hybridized carbons (Fsp3) is 0.818. The third-order valence-corrected chi connectivity index (χ3v) is 3.06. The highest BCUT2D eigenvalue weighted by molar-refractivity contribution is 5.74. The van der Waals surface area contributed by atoms with Crippen molar-refractivity contribution in [3.8, 4) is 6.07 Å². The van der Waals surface area contributed by atoms with Gasteiger partial charge in [0, 0.05) is 12.6 Å². The first-order valence-electron chi connectivity index (χ1n) is 5.39. The molecule has 0 saturated carbocycles. The zero-order chi connectivity index (χ0) is 12.3. The van der Waals surface area contributed by atoms with E-state index in [1.54, 1.807) is 0 Å². The predicted molar refractivity (Wildman–Crippen MR) is 57.6 cm³/mol. The highest BCUT2D eigenvalue weighted by Crippen LogP contribution is 2.30. The van der Waals surface area contributed by atoms with E-state index in [9.17, 15) is 4.79 Å². The molecule has 1 rings (SSSR count). The molecular weight excluding hydrogens is 208 g/mol. The van der Waals surface area contributed by atoms with E-state index in [0.29, 0.717) is 12.8 Å². The number of hydrogen-bond donors (Lipinski definition) is 3. The Kier molecular flexibility index (Phi) is 3.89. The molecule has 0 aromatic heterocycles. The highest BCUT2D eigenvalue weighted by atomic mass is 16.4. The maximum absolute atomic E-state index is 10.8. The number of hydrogen-bond acceptors (Lipinski definition) is 4. The van der Waals surface area contributed by atoms with Crippen LogP contribution < -0.4 is 5.32 Å². The first-order valence-corrected chi connectivity index (χ1v) is 5.39. The van der Waals surface area contributed by atoms with Crippen LogP contribution in [0.15, 0.2) is 0 Å². The number of aliphatic carboxylic acids is 1. The van der Waals surface area contributed by atoms with Crippen LogP contribution in [0.1, 0.15) is 26.7 Å². The minimum absolute atomic E-state index is 0.0288. The monoisotopic (exact) mass is 226 g/mol. The van der Waals surface area contributed by atoms with Gasteiger partial charge in [-0.25, -0.2) is 0 Å². The molecule has 1 fully saturated rings. The van der Waals surface area contributed by atoms with Crippen molar-refractivity contribution in [2.45, 2.75) is 38.8 Å². The van der Waals surface area contributed by atoms with Crippen LogP contribution in [0.5, 0.6) is 0 Å². The fourth-order valence-electron chi connectivity index (χ4n) is 2.04. The Morgan fingerprint density at radius 3 is 2.69 bits per heavy atom. The van der Waals surface area contributed by atoms with E-state index < -0.39 is 12.0 Å². The summed E-state index contributed by atoms with van der Waals surface area (Å²) < 4.78 is 0. The van der Waals surface area contributed by atoms with E-state index in [2.05, 4.69) is 11.4 Å². The number of carbonyl (C=O) groups is 1. The molecule has 0 bridgehead atoms. The molecule has 0 aliphatic carbocycles. The maximum Gasteiger partial charge on any atom is 0.320 e. The number of nitrogens with one attached hydrogen (secondary N) is 1. The average molecular weight is 226 g/mol. The summed E-state index contributed by atoms with van der Waals surface area (Å²) in [5.41, 5.74) is -0.292. The molecule has 0 spiro atoms. The standard InChI is InChI=1S/C11H18N2O3/c1-11(2,6-14)4-9-7(5-12)3-8(13-9)10(15)16/h7-9,13-14H,3-4,6H2,1-2H3,(H,15,16). The van der Waals surface area contributed by atoms with E-state index in [1.807, 2.05) is 13.8 Å². The van der Waals surface area contributed by atoms with E-state index in [4.69, 9.17) is 15.5 Å². The zero-order valence-electron chi connectivity index (χ0n) is 9.60. The zero-order valence-corrected chi connectivity index (χ0v) is 9.60. The summed E-state index contributed by atoms with van der Waals surface area (Å²) in [5.74, 6) is -1.20.